The molecule has 2 aromatic heterocycles. The van der Waals surface area contributed by atoms with Crippen LogP contribution in [0.2, 0.25) is 0 Å². The SMILES string of the molecule is Cc1cc(SCC(=O)Nc2ccnn2C(C)C)nc(C)n1. The van der Waals surface area contributed by atoms with E-state index >= 15 is 0 Å². The zero-order chi connectivity index (χ0) is 15.4. The lowest BCUT2D eigenvalue weighted by Gasteiger charge is -2.11. The zero-order valence-electron chi connectivity index (χ0n) is 12.6. The maximum atomic E-state index is 12.0. The molecule has 0 saturated heterocycles. The molecule has 6 nitrogen and oxygen atoms in total. The van der Waals surface area contributed by atoms with Crippen LogP contribution in [0.15, 0.2) is 23.4 Å². The first-order chi connectivity index (χ1) is 9.95. The first-order valence-electron chi connectivity index (χ1n) is 6.74. The lowest BCUT2D eigenvalue weighted by Crippen LogP contribution is -2.18. The fraction of sp³-hybridized carbons (Fsp3) is 0.429. The smallest absolute Gasteiger partial charge is 0.235 e. The largest absolute Gasteiger partial charge is 0.310 e. The molecule has 0 aliphatic heterocycles. The van der Waals surface area contributed by atoms with Gasteiger partial charge in [-0.3, -0.25) is 4.79 Å². The number of aryl methyl sites for hydroxylation is 2. The molecule has 0 aromatic carbocycles. The van der Waals surface area contributed by atoms with Crippen molar-refractivity contribution in [1.82, 2.24) is 19.7 Å². The van der Waals surface area contributed by atoms with E-state index in [1.54, 1.807) is 16.9 Å². The van der Waals surface area contributed by atoms with E-state index < -0.39 is 0 Å². The van der Waals surface area contributed by atoms with Crippen LogP contribution < -0.4 is 5.32 Å². The normalized spacial score (nSPS) is 10.9. The fourth-order valence-electron chi connectivity index (χ4n) is 1.90. The van der Waals surface area contributed by atoms with Gasteiger partial charge in [0.15, 0.2) is 0 Å². The van der Waals surface area contributed by atoms with Gasteiger partial charge >= 0.3 is 0 Å². The number of nitrogens with one attached hydrogen (secondary N) is 1. The summed E-state index contributed by atoms with van der Waals surface area (Å²) in [4.78, 5) is 20.5. The van der Waals surface area contributed by atoms with Crippen LogP contribution in [0.25, 0.3) is 0 Å². The van der Waals surface area contributed by atoms with Crippen LogP contribution in [0.1, 0.15) is 31.4 Å². The number of carbonyl (C=O) groups is 1. The Morgan fingerprint density at radius 2 is 2.14 bits per heavy atom. The minimum Gasteiger partial charge on any atom is -0.310 e. The summed E-state index contributed by atoms with van der Waals surface area (Å²) >= 11 is 1.40. The molecule has 0 unspecified atom stereocenters. The predicted molar refractivity (Wildman–Crippen MR) is 83.5 cm³/mol. The molecule has 2 heterocycles. The Kier molecular flexibility index (Phi) is 4.95. The molecule has 7 heteroatoms. The monoisotopic (exact) mass is 305 g/mol. The van der Waals surface area contributed by atoms with Gasteiger partial charge in [-0.1, -0.05) is 11.8 Å². The van der Waals surface area contributed by atoms with E-state index in [0.717, 1.165) is 16.5 Å². The highest BCUT2D eigenvalue weighted by atomic mass is 32.2. The Hall–Kier alpha value is -1.89. The summed E-state index contributed by atoms with van der Waals surface area (Å²) in [7, 11) is 0. The molecule has 0 radical (unpaired) electrons. The van der Waals surface area contributed by atoms with Gasteiger partial charge < -0.3 is 5.32 Å². The van der Waals surface area contributed by atoms with Gasteiger partial charge in [0, 0.05) is 17.8 Å². The average molecular weight is 305 g/mol. The first-order valence-corrected chi connectivity index (χ1v) is 7.72. The Labute approximate surface area is 128 Å². The molecule has 1 N–H and O–H groups in total. The topological polar surface area (TPSA) is 72.7 Å². The number of aromatic nitrogens is 4. The van der Waals surface area contributed by atoms with Gasteiger partial charge in [0.2, 0.25) is 5.91 Å². The van der Waals surface area contributed by atoms with Gasteiger partial charge in [-0.15, -0.1) is 0 Å². The zero-order valence-corrected chi connectivity index (χ0v) is 13.4. The maximum Gasteiger partial charge on any atom is 0.235 e. The number of anilines is 1. The molecular formula is C14H19N5OS. The van der Waals surface area contributed by atoms with Crippen molar-refractivity contribution in [3.8, 4) is 0 Å². The molecule has 0 bridgehead atoms. The van der Waals surface area contributed by atoms with E-state index in [1.807, 2.05) is 33.8 Å². The number of hydrogen-bond acceptors (Lipinski definition) is 5. The van der Waals surface area contributed by atoms with E-state index in [9.17, 15) is 4.79 Å². The van der Waals surface area contributed by atoms with Crippen molar-refractivity contribution in [2.75, 3.05) is 11.1 Å². The lowest BCUT2D eigenvalue weighted by atomic mass is 10.4. The van der Waals surface area contributed by atoms with Gasteiger partial charge in [0.05, 0.1) is 11.9 Å². The molecule has 0 fully saturated rings. The number of nitrogens with zero attached hydrogens (tertiary/aromatic N) is 4. The summed E-state index contributed by atoms with van der Waals surface area (Å²) in [6.07, 6.45) is 1.68. The van der Waals surface area contributed by atoms with Crippen LogP contribution in [0, 0.1) is 13.8 Å². The van der Waals surface area contributed by atoms with Crippen molar-refractivity contribution >= 4 is 23.5 Å². The average Bonchev–Trinajstić information content (AvgIpc) is 2.83. The lowest BCUT2D eigenvalue weighted by molar-refractivity contribution is -0.113. The molecule has 0 aliphatic rings. The molecule has 2 rings (SSSR count). The molecule has 1 amide bonds. The molecule has 0 aliphatic carbocycles. The number of rotatable bonds is 5. The van der Waals surface area contributed by atoms with Crippen molar-refractivity contribution in [3.05, 3.63) is 29.8 Å². The van der Waals surface area contributed by atoms with Gasteiger partial charge in [-0.25, -0.2) is 14.6 Å². The second-order valence-corrected chi connectivity index (χ2v) is 5.98. The minimum atomic E-state index is -0.0729. The van der Waals surface area contributed by atoms with E-state index in [1.165, 1.54) is 11.8 Å². The summed E-state index contributed by atoms with van der Waals surface area (Å²) in [6, 6.07) is 3.88. The Morgan fingerprint density at radius 1 is 1.38 bits per heavy atom. The van der Waals surface area contributed by atoms with Crippen molar-refractivity contribution in [1.29, 1.82) is 0 Å². The van der Waals surface area contributed by atoms with Crippen molar-refractivity contribution < 1.29 is 4.79 Å². The van der Waals surface area contributed by atoms with E-state index in [2.05, 4.69) is 20.4 Å². The van der Waals surface area contributed by atoms with Crippen LogP contribution >= 0.6 is 11.8 Å². The van der Waals surface area contributed by atoms with Crippen LogP contribution in [0.4, 0.5) is 5.82 Å². The minimum absolute atomic E-state index is 0.0729. The molecule has 0 atom stereocenters. The Morgan fingerprint density at radius 3 is 2.81 bits per heavy atom. The van der Waals surface area contributed by atoms with Crippen molar-refractivity contribution in [3.63, 3.8) is 0 Å². The fourth-order valence-corrected chi connectivity index (χ4v) is 2.70. The van der Waals surface area contributed by atoms with E-state index in [4.69, 9.17) is 0 Å². The number of hydrogen-bond donors (Lipinski definition) is 1. The summed E-state index contributed by atoms with van der Waals surface area (Å²) in [5.74, 6) is 1.66. The molecule has 2 aromatic rings. The number of carbonyl (C=O) groups excluding carboxylic acids is 1. The van der Waals surface area contributed by atoms with Gasteiger partial charge in [-0.05, 0) is 33.8 Å². The van der Waals surface area contributed by atoms with Crippen LogP contribution in [-0.4, -0.2) is 31.4 Å². The van der Waals surface area contributed by atoms with Crippen LogP contribution in [-0.2, 0) is 4.79 Å². The summed E-state index contributed by atoms with van der Waals surface area (Å²) in [5, 5.41) is 7.87. The third kappa shape index (κ3) is 4.29. The maximum absolute atomic E-state index is 12.0. The quantitative estimate of drug-likeness (QED) is 0.679. The second kappa shape index (κ2) is 6.71. The third-order valence-electron chi connectivity index (χ3n) is 2.72. The first kappa shape index (κ1) is 15.5. The second-order valence-electron chi connectivity index (χ2n) is 4.99. The van der Waals surface area contributed by atoms with E-state index in [-0.39, 0.29) is 11.9 Å². The van der Waals surface area contributed by atoms with Crippen molar-refractivity contribution in [2.24, 2.45) is 0 Å². The molecule has 21 heavy (non-hydrogen) atoms. The summed E-state index contributed by atoms with van der Waals surface area (Å²) in [6.45, 7) is 7.80. The van der Waals surface area contributed by atoms with Crippen LogP contribution in [0.3, 0.4) is 0 Å². The van der Waals surface area contributed by atoms with Gasteiger partial charge in [0.25, 0.3) is 0 Å². The predicted octanol–water partition coefficient (Wildman–Crippen LogP) is 2.60. The highest BCUT2D eigenvalue weighted by Gasteiger charge is 2.10. The third-order valence-corrected chi connectivity index (χ3v) is 3.63. The molecular weight excluding hydrogens is 286 g/mol. The summed E-state index contributed by atoms with van der Waals surface area (Å²) in [5.41, 5.74) is 0.906. The molecule has 112 valence electrons. The van der Waals surface area contributed by atoms with Gasteiger partial charge in [-0.2, -0.15) is 5.10 Å². The molecule has 0 spiro atoms. The number of amides is 1. The van der Waals surface area contributed by atoms with Crippen LogP contribution in [0.5, 0.6) is 0 Å². The van der Waals surface area contributed by atoms with Gasteiger partial charge in [0.1, 0.15) is 16.7 Å². The number of thioether (sulfide) groups is 1. The van der Waals surface area contributed by atoms with Crippen molar-refractivity contribution in [2.45, 2.75) is 38.8 Å². The standard InChI is InChI=1S/C14H19N5OS/c1-9(2)19-12(5-6-15-19)18-13(20)8-21-14-7-10(3)16-11(4)17-14/h5-7,9H,8H2,1-4H3,(H,18,20). The Balaban J connectivity index is 1.94. The summed E-state index contributed by atoms with van der Waals surface area (Å²) < 4.78 is 1.78. The highest BCUT2D eigenvalue weighted by Crippen LogP contribution is 2.18. The highest BCUT2D eigenvalue weighted by molar-refractivity contribution is 7.99. The Bertz CT molecular complexity index is 618. The molecule has 0 saturated carbocycles. The van der Waals surface area contributed by atoms with E-state index in [0.29, 0.717) is 11.6 Å².